The van der Waals surface area contributed by atoms with Crippen molar-refractivity contribution in [2.24, 2.45) is 23.5 Å². The maximum Gasteiger partial charge on any atom is 0.326 e. The van der Waals surface area contributed by atoms with Crippen LogP contribution in [0.5, 0.6) is 0 Å². The molecule has 0 fully saturated rings. The highest BCUT2D eigenvalue weighted by Crippen LogP contribution is 2.09. The fraction of sp³-hybridized carbons (Fsp3) is 0.800. The van der Waals surface area contributed by atoms with Gasteiger partial charge in [-0.3, -0.25) is 14.4 Å². The Morgan fingerprint density at radius 2 is 1.43 bits per heavy atom. The number of nitrogens with two attached hydrogens (primary N) is 1. The van der Waals surface area contributed by atoms with Crippen LogP contribution in [0, 0.1) is 17.8 Å². The van der Waals surface area contributed by atoms with E-state index in [-0.39, 0.29) is 29.9 Å². The van der Waals surface area contributed by atoms with Crippen molar-refractivity contribution in [1.82, 2.24) is 16.0 Å². The number of thiol groups is 1. The number of carbonyl (C=O) groups is 4. The molecule has 0 saturated heterocycles. The van der Waals surface area contributed by atoms with Gasteiger partial charge in [0.25, 0.3) is 0 Å². The van der Waals surface area contributed by atoms with Crippen LogP contribution in [0.15, 0.2) is 0 Å². The summed E-state index contributed by atoms with van der Waals surface area (Å²) in [6, 6.07) is -3.75. The Morgan fingerprint density at radius 3 is 1.83 bits per heavy atom. The second-order valence-corrected chi connectivity index (χ2v) is 8.78. The smallest absolute Gasteiger partial charge is 0.326 e. The van der Waals surface area contributed by atoms with Crippen LogP contribution in [0.3, 0.4) is 0 Å². The zero-order chi connectivity index (χ0) is 23.6. The highest BCUT2D eigenvalue weighted by atomic mass is 32.1. The first-order valence-electron chi connectivity index (χ1n) is 10.4. The minimum absolute atomic E-state index is 0.0162. The van der Waals surface area contributed by atoms with Gasteiger partial charge in [-0.15, -0.1) is 0 Å². The van der Waals surface area contributed by atoms with Gasteiger partial charge in [-0.1, -0.05) is 48.0 Å². The summed E-state index contributed by atoms with van der Waals surface area (Å²) < 4.78 is 0. The van der Waals surface area contributed by atoms with Gasteiger partial charge in [0, 0.05) is 5.75 Å². The van der Waals surface area contributed by atoms with Crippen molar-refractivity contribution in [2.75, 3.05) is 5.75 Å². The van der Waals surface area contributed by atoms with Crippen LogP contribution in [-0.2, 0) is 19.2 Å². The highest BCUT2D eigenvalue weighted by molar-refractivity contribution is 7.80. The molecule has 6 N–H and O–H groups in total. The first kappa shape index (κ1) is 28.2. The summed E-state index contributed by atoms with van der Waals surface area (Å²) in [5, 5.41) is 17.0. The first-order valence-corrected chi connectivity index (χ1v) is 11.0. The molecule has 0 aliphatic rings. The number of carboxylic acids is 1. The molecule has 0 aliphatic carbocycles. The molecule has 0 spiro atoms. The summed E-state index contributed by atoms with van der Waals surface area (Å²) in [5.41, 5.74) is 5.91. The molecule has 30 heavy (non-hydrogen) atoms. The first-order chi connectivity index (χ1) is 13.8. The molecular weight excluding hydrogens is 408 g/mol. The number of rotatable bonds is 13. The number of aliphatic carboxylic acids is 1. The lowest BCUT2D eigenvalue weighted by atomic mass is 9.99. The van der Waals surface area contributed by atoms with Crippen LogP contribution in [0.25, 0.3) is 0 Å². The molecule has 5 atom stereocenters. The number of carbonyl (C=O) groups excluding carboxylic acids is 3. The summed E-state index contributed by atoms with van der Waals surface area (Å²) in [6.45, 7) is 10.9. The van der Waals surface area contributed by atoms with Crippen LogP contribution in [-0.4, -0.2) is 58.7 Å². The highest BCUT2D eigenvalue weighted by Gasteiger charge is 2.32. The van der Waals surface area contributed by atoms with Gasteiger partial charge in [-0.25, -0.2) is 4.79 Å². The van der Waals surface area contributed by atoms with E-state index < -0.39 is 47.9 Å². The maximum absolute atomic E-state index is 12.7. The van der Waals surface area contributed by atoms with E-state index in [2.05, 4.69) is 28.6 Å². The molecular formula is C20H38N4O5S. The molecule has 0 rings (SSSR count). The number of hydrogen-bond acceptors (Lipinski definition) is 6. The lowest BCUT2D eigenvalue weighted by molar-refractivity contribution is -0.143. The van der Waals surface area contributed by atoms with E-state index in [9.17, 15) is 24.3 Å². The third-order valence-corrected chi connectivity index (χ3v) is 5.31. The summed E-state index contributed by atoms with van der Waals surface area (Å²) in [5.74, 6) is -3.05. The second-order valence-electron chi connectivity index (χ2n) is 8.41. The van der Waals surface area contributed by atoms with Crippen LogP contribution in [0.2, 0.25) is 0 Å². The number of amides is 3. The molecule has 0 saturated carbocycles. The lowest BCUT2D eigenvalue weighted by Crippen LogP contribution is -2.59. The normalized spacial score (nSPS) is 16.3. The second kappa shape index (κ2) is 13.5. The van der Waals surface area contributed by atoms with Crippen LogP contribution in [0.1, 0.15) is 54.4 Å². The number of hydrogen-bond donors (Lipinski definition) is 6. The molecule has 0 aromatic heterocycles. The minimum Gasteiger partial charge on any atom is -0.480 e. The van der Waals surface area contributed by atoms with E-state index in [1.54, 1.807) is 13.8 Å². The van der Waals surface area contributed by atoms with E-state index in [4.69, 9.17) is 5.73 Å². The van der Waals surface area contributed by atoms with Crippen molar-refractivity contribution in [3.8, 4) is 0 Å². The molecule has 0 aliphatic heterocycles. The standard InChI is InChI=1S/C20H38N4O5S/c1-7-12(6)15(21)18(26)23-14(9-30)17(25)24-16(11(4)5)19(27)22-13(20(28)29)8-10(2)3/h10-16,30H,7-9,21H2,1-6H3,(H,22,27)(H,23,26)(H,24,25)(H,28,29). The fourth-order valence-corrected chi connectivity index (χ4v) is 2.97. The van der Waals surface area contributed by atoms with Crippen molar-refractivity contribution in [3.05, 3.63) is 0 Å². The van der Waals surface area contributed by atoms with Crippen molar-refractivity contribution in [1.29, 1.82) is 0 Å². The van der Waals surface area contributed by atoms with Crippen molar-refractivity contribution in [3.63, 3.8) is 0 Å². The third-order valence-electron chi connectivity index (χ3n) is 4.94. The van der Waals surface area contributed by atoms with Gasteiger partial charge in [0.15, 0.2) is 0 Å². The molecule has 9 nitrogen and oxygen atoms in total. The zero-order valence-electron chi connectivity index (χ0n) is 18.8. The quantitative estimate of drug-likeness (QED) is 0.227. The Morgan fingerprint density at radius 1 is 0.900 bits per heavy atom. The molecule has 0 bridgehead atoms. The zero-order valence-corrected chi connectivity index (χ0v) is 19.7. The Labute approximate surface area is 184 Å². The summed E-state index contributed by atoms with van der Waals surface area (Å²) in [6.07, 6.45) is 0.978. The summed E-state index contributed by atoms with van der Waals surface area (Å²) >= 11 is 4.12. The molecule has 5 unspecified atom stereocenters. The Hall–Kier alpha value is -1.81. The van der Waals surface area contributed by atoms with Gasteiger partial charge in [0.05, 0.1) is 6.04 Å². The van der Waals surface area contributed by atoms with Crippen molar-refractivity contribution in [2.45, 2.75) is 78.6 Å². The molecule has 3 amide bonds. The monoisotopic (exact) mass is 446 g/mol. The van der Waals surface area contributed by atoms with Gasteiger partial charge >= 0.3 is 5.97 Å². The largest absolute Gasteiger partial charge is 0.480 e. The summed E-state index contributed by atoms with van der Waals surface area (Å²) in [7, 11) is 0. The van der Waals surface area contributed by atoms with E-state index in [0.29, 0.717) is 6.42 Å². The average Bonchev–Trinajstić information content (AvgIpc) is 2.66. The maximum atomic E-state index is 12.7. The minimum atomic E-state index is -1.13. The van der Waals surface area contributed by atoms with Gasteiger partial charge < -0.3 is 26.8 Å². The molecule has 0 aromatic carbocycles. The van der Waals surface area contributed by atoms with Gasteiger partial charge in [0.2, 0.25) is 17.7 Å². The number of nitrogens with one attached hydrogen (secondary N) is 3. The van der Waals surface area contributed by atoms with Crippen LogP contribution < -0.4 is 21.7 Å². The van der Waals surface area contributed by atoms with E-state index >= 15 is 0 Å². The van der Waals surface area contributed by atoms with Crippen LogP contribution in [0.4, 0.5) is 0 Å². The Kier molecular flexibility index (Phi) is 12.7. The van der Waals surface area contributed by atoms with E-state index in [0.717, 1.165) is 0 Å². The third kappa shape index (κ3) is 9.34. The lowest BCUT2D eigenvalue weighted by Gasteiger charge is -2.27. The average molecular weight is 447 g/mol. The molecule has 0 radical (unpaired) electrons. The van der Waals surface area contributed by atoms with Crippen LogP contribution >= 0.6 is 12.6 Å². The Bertz CT molecular complexity index is 600. The Balaban J connectivity index is 5.21. The fourth-order valence-electron chi connectivity index (χ4n) is 2.72. The van der Waals surface area contributed by atoms with Crippen molar-refractivity contribution < 1.29 is 24.3 Å². The van der Waals surface area contributed by atoms with Crippen molar-refractivity contribution >= 4 is 36.3 Å². The molecule has 0 aromatic rings. The van der Waals surface area contributed by atoms with Gasteiger partial charge in [-0.05, 0) is 24.2 Å². The molecule has 0 heterocycles. The molecule has 10 heteroatoms. The SMILES string of the molecule is CCC(C)C(N)C(=O)NC(CS)C(=O)NC(C(=O)NC(CC(C)C)C(=O)O)C(C)C. The predicted molar refractivity (Wildman–Crippen MR) is 119 cm³/mol. The van der Waals surface area contributed by atoms with Gasteiger partial charge in [0.1, 0.15) is 18.1 Å². The van der Waals surface area contributed by atoms with E-state index in [1.165, 1.54) is 0 Å². The van der Waals surface area contributed by atoms with Gasteiger partial charge in [-0.2, -0.15) is 12.6 Å². The summed E-state index contributed by atoms with van der Waals surface area (Å²) in [4.78, 5) is 49.1. The number of carboxylic acid groups (broad SMARTS) is 1. The van der Waals surface area contributed by atoms with E-state index in [1.807, 2.05) is 27.7 Å². The molecule has 174 valence electrons. The predicted octanol–water partition coefficient (Wildman–Crippen LogP) is 0.531. The topological polar surface area (TPSA) is 151 Å².